The topological polar surface area (TPSA) is 97.0 Å². The Hall–Kier alpha value is -17.0. The van der Waals surface area contributed by atoms with Gasteiger partial charge in [0, 0.05) is 38.0 Å². The number of rotatable bonds is 8. The van der Waals surface area contributed by atoms with Crippen molar-refractivity contribution >= 4 is 147 Å². The molecule has 26 aromatic rings. The Morgan fingerprint density at radius 3 is 1.09 bits per heavy atom. The fourth-order valence-corrected chi connectivity index (χ4v) is 19.5. The lowest BCUT2D eigenvalue weighted by Crippen LogP contribution is -2.21. The molecule has 586 valence electrons. The van der Waals surface area contributed by atoms with Crippen LogP contribution >= 0.6 is 0 Å². The van der Waals surface area contributed by atoms with Crippen LogP contribution in [0.5, 0.6) is 0 Å². The lowest BCUT2D eigenvalue weighted by Gasteiger charge is -2.15. The van der Waals surface area contributed by atoms with Gasteiger partial charge in [-0.05, 0) is 198 Å². The summed E-state index contributed by atoms with van der Waals surface area (Å²) >= 11 is 0. The highest BCUT2D eigenvalue weighted by molar-refractivity contribution is 6.33. The Morgan fingerprint density at radius 1 is 0.192 bits per heavy atom. The third-order valence-corrected chi connectivity index (χ3v) is 25.0. The van der Waals surface area contributed by atoms with Crippen LogP contribution in [0, 0.1) is 0 Å². The first-order chi connectivity index (χ1) is 61.8. The number of hydrogen-bond donors (Lipinski definition) is 0. The van der Waals surface area contributed by atoms with E-state index >= 15 is 0 Å². The van der Waals surface area contributed by atoms with E-state index in [0.717, 1.165) is 133 Å². The number of nitrogens with zero attached hydrogens (tertiary/aromatic N) is 8. The van der Waals surface area contributed by atoms with Crippen molar-refractivity contribution in [2.45, 2.75) is 0 Å². The highest BCUT2D eigenvalue weighted by Gasteiger charge is 2.28. The predicted molar refractivity (Wildman–Crippen MR) is 518 cm³/mol. The summed E-state index contributed by atoms with van der Waals surface area (Å²) in [4.78, 5) is 48.0. The number of benzene rings is 19. The molecule has 0 spiro atoms. The van der Waals surface area contributed by atoms with Gasteiger partial charge in [0.15, 0.2) is 0 Å². The van der Waals surface area contributed by atoms with Gasteiger partial charge in [0.2, 0.25) is 5.78 Å². The van der Waals surface area contributed by atoms with Crippen LogP contribution in [0.25, 0.3) is 215 Å². The minimum Gasteiger partial charge on any atom is -0.309 e. The van der Waals surface area contributed by atoms with Crippen LogP contribution in [0.4, 0.5) is 0 Å². The molecule has 0 fully saturated rings. The molecule has 0 N–H and O–H groups in total. The van der Waals surface area contributed by atoms with Gasteiger partial charge >= 0.3 is 0 Å². The van der Waals surface area contributed by atoms with Crippen LogP contribution in [0.2, 0.25) is 0 Å². The lowest BCUT2D eigenvalue weighted by atomic mass is 9.94. The molecular formula is C114H72N8O3. The van der Waals surface area contributed by atoms with E-state index in [-0.39, 0.29) is 16.7 Å². The van der Waals surface area contributed by atoms with Crippen molar-refractivity contribution in [3.05, 3.63) is 468 Å². The predicted octanol–water partition coefficient (Wildman–Crippen LogP) is 27.0. The monoisotopic (exact) mass is 1600 g/mol. The highest BCUT2D eigenvalue weighted by atomic mass is 16.1. The van der Waals surface area contributed by atoms with E-state index in [1.54, 1.807) is 4.57 Å². The number of fused-ring (bicyclic) bond motifs is 28. The molecule has 11 nitrogen and oxygen atoms in total. The largest absolute Gasteiger partial charge is 0.309 e. The highest BCUT2D eigenvalue weighted by Crippen LogP contribution is 2.47. The minimum absolute atomic E-state index is 0.0205. The van der Waals surface area contributed by atoms with Gasteiger partial charge < -0.3 is 4.57 Å². The summed E-state index contributed by atoms with van der Waals surface area (Å²) in [6.07, 6.45) is 0. The lowest BCUT2D eigenvalue weighted by molar-refractivity contribution is 0.983. The van der Waals surface area contributed by atoms with Gasteiger partial charge in [-0.3, -0.25) is 36.7 Å². The number of para-hydroxylation sites is 6. The molecule has 11 heteroatoms. The van der Waals surface area contributed by atoms with E-state index in [9.17, 15) is 14.4 Å². The van der Waals surface area contributed by atoms with Crippen LogP contribution in [0.1, 0.15) is 0 Å². The molecule has 0 atom stereocenters. The van der Waals surface area contributed by atoms with Gasteiger partial charge in [-0.25, -0.2) is 9.55 Å². The second-order valence-corrected chi connectivity index (χ2v) is 31.9. The Bertz CT molecular complexity index is 9090. The van der Waals surface area contributed by atoms with Gasteiger partial charge in [-0.15, -0.1) is 0 Å². The molecule has 0 saturated heterocycles. The molecule has 0 unspecified atom stereocenters. The maximum Gasteiger partial charge on any atom is 0.267 e. The summed E-state index contributed by atoms with van der Waals surface area (Å²) in [5.74, 6) is 0.600. The summed E-state index contributed by atoms with van der Waals surface area (Å²) in [6.45, 7) is 0. The summed E-state index contributed by atoms with van der Waals surface area (Å²) in [6, 6.07) is 150. The second kappa shape index (κ2) is 29.2. The Kier molecular flexibility index (Phi) is 16.8. The van der Waals surface area contributed by atoms with Gasteiger partial charge in [0.05, 0.1) is 83.0 Å². The van der Waals surface area contributed by atoms with Crippen molar-refractivity contribution < 1.29 is 0 Å². The third-order valence-electron chi connectivity index (χ3n) is 25.0. The van der Waals surface area contributed by atoms with Crippen molar-refractivity contribution in [1.29, 1.82) is 0 Å². The van der Waals surface area contributed by atoms with Gasteiger partial charge in [-0.1, -0.05) is 315 Å². The average molecular weight is 1600 g/mol. The van der Waals surface area contributed by atoms with Crippen molar-refractivity contribution in [3.63, 3.8) is 0 Å². The first-order valence-corrected chi connectivity index (χ1v) is 42.1. The zero-order valence-corrected chi connectivity index (χ0v) is 67.4. The summed E-state index contributed by atoms with van der Waals surface area (Å²) in [7, 11) is 0. The van der Waals surface area contributed by atoms with E-state index in [1.165, 1.54) is 59.5 Å². The summed E-state index contributed by atoms with van der Waals surface area (Å²) < 4.78 is 14.5. The molecule has 0 bridgehead atoms. The molecule has 26 rings (SSSR count). The van der Waals surface area contributed by atoms with Crippen LogP contribution in [0.15, 0.2) is 451 Å². The van der Waals surface area contributed by atoms with Crippen LogP contribution in [0.3, 0.4) is 0 Å². The zero-order valence-electron chi connectivity index (χ0n) is 67.4. The molecule has 125 heavy (non-hydrogen) atoms. The SMILES string of the molecule is O=c1c2cc(-c3ccccc3)ccc2n2c(-c3ccccc3)c3c4ccccc4c4ccccc4c3c2n1-c1ccccc1.O=c1c2cc(-c3ccccc3)ccc2n2c3c4ccccc4c4ccccc4c3cc2n1-c1ccccc1.O=c1c2ccccc2n2c3ccc(-c4ccc5c(c4)c4ccccc4n5-c4ccccc4)cc3nc2n1-c1ccccc1. The zero-order chi connectivity index (χ0) is 82.9. The average Bonchev–Trinajstić information content (AvgIpc) is 1.51. The Labute approximate surface area is 714 Å². The van der Waals surface area contributed by atoms with Crippen molar-refractivity contribution in [3.8, 4) is 67.4 Å². The van der Waals surface area contributed by atoms with Crippen LogP contribution < -0.4 is 16.7 Å². The molecule has 19 aromatic carbocycles. The first kappa shape index (κ1) is 72.0. The number of imidazole rings is 1. The molecular weight excluding hydrogens is 1530 g/mol. The first-order valence-electron chi connectivity index (χ1n) is 42.1. The standard InChI is InChI=1S/C41H26N2O.C38H24N4O.C35H22N2O/c44-41-35-26-29(27-14-4-1-5-15-27)24-25-36(35)43-39(28-16-6-2-7-17-28)37-33-22-12-10-20-31(33)32-21-11-13-23-34(32)38(37)40(43)42(41)30-18-8-3-9-19-30;43-37-30-16-8-10-18-34(30)42-36-22-20-26(24-32(36)39-38(42)41(37)28-13-5-2-6-14-28)25-19-21-35-31(23-25)29-15-7-9-17-33(29)40(35)27-11-3-1-4-12-27;38-35-31-21-24(23-11-3-1-4-12-23)19-20-32(31)37-33(36(35)25-13-5-2-6-14-25)22-30-28-17-8-7-15-26(28)27-16-9-10-18-29(27)34(30)37/h1-26H;1-24H;1-22H. The molecule has 7 heterocycles. The normalized spacial score (nSPS) is 11.8. The Balaban J connectivity index is 0.000000105. The minimum atomic E-state index is -0.0786. The summed E-state index contributed by atoms with van der Waals surface area (Å²) in [5.41, 5.74) is 21.7. The fraction of sp³-hybridized carbons (Fsp3) is 0. The van der Waals surface area contributed by atoms with E-state index in [1.807, 2.05) is 173 Å². The molecule has 0 aliphatic rings. The Morgan fingerprint density at radius 2 is 0.536 bits per heavy atom. The van der Waals surface area contributed by atoms with Crippen LogP contribution in [-0.2, 0) is 0 Å². The van der Waals surface area contributed by atoms with Crippen molar-refractivity contribution in [2.75, 3.05) is 0 Å². The van der Waals surface area contributed by atoms with E-state index < -0.39 is 0 Å². The van der Waals surface area contributed by atoms with Crippen molar-refractivity contribution in [2.24, 2.45) is 0 Å². The van der Waals surface area contributed by atoms with Gasteiger partial charge in [0.25, 0.3) is 16.7 Å². The van der Waals surface area contributed by atoms with Crippen molar-refractivity contribution in [1.82, 2.24) is 36.5 Å². The van der Waals surface area contributed by atoms with E-state index in [0.29, 0.717) is 21.9 Å². The summed E-state index contributed by atoms with van der Waals surface area (Å²) in [5, 5.41) is 17.3. The van der Waals surface area contributed by atoms with Crippen LogP contribution in [-0.4, -0.2) is 36.5 Å². The van der Waals surface area contributed by atoms with Gasteiger partial charge in [0.1, 0.15) is 11.3 Å². The molecule has 0 saturated carbocycles. The molecule has 7 aromatic heterocycles. The quantitative estimate of drug-likeness (QED) is 0.142. The number of aromatic nitrogens is 8. The molecule has 0 aliphatic carbocycles. The molecule has 0 aliphatic heterocycles. The number of hydrogen-bond acceptors (Lipinski definition) is 4. The maximum atomic E-state index is 14.9. The molecule has 0 radical (unpaired) electrons. The van der Waals surface area contributed by atoms with Gasteiger partial charge in [-0.2, -0.15) is 0 Å². The fourth-order valence-electron chi connectivity index (χ4n) is 19.5. The smallest absolute Gasteiger partial charge is 0.267 e. The second-order valence-electron chi connectivity index (χ2n) is 31.9. The maximum absolute atomic E-state index is 14.9. The van der Waals surface area contributed by atoms with E-state index in [2.05, 4.69) is 291 Å². The molecule has 0 amide bonds. The third kappa shape index (κ3) is 11.4. The van der Waals surface area contributed by atoms with E-state index in [4.69, 9.17) is 4.98 Å².